The van der Waals surface area contributed by atoms with E-state index in [1.165, 1.54) is 13.8 Å². The van der Waals surface area contributed by atoms with Crippen LogP contribution in [0.15, 0.2) is 11.0 Å². The van der Waals surface area contributed by atoms with Crippen molar-refractivity contribution < 1.29 is 17.2 Å². The predicted molar refractivity (Wildman–Crippen MR) is 89.2 cm³/mol. The molecule has 2 rings (SSSR count). The summed E-state index contributed by atoms with van der Waals surface area (Å²) >= 11 is 0. The molecule has 2 aromatic heterocycles. The number of rotatable bonds is 7. The summed E-state index contributed by atoms with van der Waals surface area (Å²) in [6.45, 7) is 5.78. The first-order valence-corrected chi connectivity index (χ1v) is 9.39. The largest absolute Gasteiger partial charge is 0.333 e. The van der Waals surface area contributed by atoms with Gasteiger partial charge in [-0.15, -0.1) is 0 Å². The standard InChI is InChI=1S/C15H23F2N5O2S/c1-9-8-11(3)21(19-9)10(2)6-7-18-25(23,24)14-12(4)20-22(13(14)5)15(16)17/h8,10,15,18H,6-7H2,1-5H3. The fourth-order valence-electron chi connectivity index (χ4n) is 2.92. The smallest absolute Gasteiger partial charge is 0.267 e. The number of aromatic nitrogens is 4. The van der Waals surface area contributed by atoms with Crippen LogP contribution in [-0.4, -0.2) is 34.5 Å². The van der Waals surface area contributed by atoms with Crippen molar-refractivity contribution in [1.82, 2.24) is 24.3 Å². The van der Waals surface area contributed by atoms with Crippen LogP contribution in [0.1, 0.15) is 48.7 Å². The molecular weight excluding hydrogens is 352 g/mol. The molecule has 1 N–H and O–H groups in total. The minimum Gasteiger partial charge on any atom is -0.267 e. The van der Waals surface area contributed by atoms with Crippen molar-refractivity contribution in [2.45, 2.75) is 58.5 Å². The van der Waals surface area contributed by atoms with Gasteiger partial charge >= 0.3 is 6.55 Å². The Kier molecular flexibility index (Phi) is 5.62. The van der Waals surface area contributed by atoms with E-state index < -0.39 is 16.6 Å². The number of hydrogen-bond acceptors (Lipinski definition) is 4. The molecule has 0 bridgehead atoms. The Morgan fingerprint density at radius 2 is 1.80 bits per heavy atom. The fourth-order valence-corrected chi connectivity index (χ4v) is 4.36. The molecule has 7 nitrogen and oxygen atoms in total. The maximum absolute atomic E-state index is 12.9. The number of hydrogen-bond donors (Lipinski definition) is 1. The minimum atomic E-state index is -3.91. The molecule has 1 atom stereocenters. The highest BCUT2D eigenvalue weighted by Gasteiger charge is 2.27. The highest BCUT2D eigenvalue weighted by atomic mass is 32.2. The van der Waals surface area contributed by atoms with Crippen molar-refractivity contribution in [1.29, 1.82) is 0 Å². The van der Waals surface area contributed by atoms with E-state index in [9.17, 15) is 17.2 Å². The Morgan fingerprint density at radius 1 is 1.16 bits per heavy atom. The normalized spacial score (nSPS) is 13.6. The number of halogens is 2. The fraction of sp³-hybridized carbons (Fsp3) is 0.600. The molecule has 0 aliphatic rings. The van der Waals surface area contributed by atoms with Gasteiger partial charge in [0.2, 0.25) is 10.0 Å². The van der Waals surface area contributed by atoms with Gasteiger partial charge in [-0.2, -0.15) is 19.0 Å². The lowest BCUT2D eigenvalue weighted by Gasteiger charge is -2.15. The van der Waals surface area contributed by atoms with Crippen LogP contribution in [0.5, 0.6) is 0 Å². The third-order valence-electron chi connectivity index (χ3n) is 4.03. The first-order chi connectivity index (χ1) is 11.5. The van der Waals surface area contributed by atoms with Crippen LogP contribution in [0.25, 0.3) is 0 Å². The van der Waals surface area contributed by atoms with Crippen LogP contribution in [-0.2, 0) is 10.0 Å². The lowest BCUT2D eigenvalue weighted by molar-refractivity contribution is 0.0538. The first kappa shape index (κ1) is 19.5. The SMILES string of the molecule is Cc1cc(C)n(C(C)CCNS(=O)(=O)c2c(C)nn(C(F)F)c2C)n1. The van der Waals surface area contributed by atoms with Crippen LogP contribution < -0.4 is 4.72 Å². The number of nitrogens with one attached hydrogen (secondary N) is 1. The Labute approximate surface area is 146 Å². The summed E-state index contributed by atoms with van der Waals surface area (Å²) < 4.78 is 55.4. The summed E-state index contributed by atoms with van der Waals surface area (Å²) in [6, 6.07) is 1.95. The molecule has 0 aromatic carbocycles. The van der Waals surface area contributed by atoms with Gasteiger partial charge in [0.25, 0.3) is 0 Å². The molecule has 10 heteroatoms. The van der Waals surface area contributed by atoms with Crippen LogP contribution in [0.3, 0.4) is 0 Å². The van der Waals surface area contributed by atoms with Crippen LogP contribution >= 0.6 is 0 Å². The predicted octanol–water partition coefficient (Wildman–Crippen LogP) is 2.64. The highest BCUT2D eigenvalue weighted by Crippen LogP contribution is 2.23. The van der Waals surface area contributed by atoms with Gasteiger partial charge in [0, 0.05) is 12.2 Å². The quantitative estimate of drug-likeness (QED) is 0.807. The summed E-state index contributed by atoms with van der Waals surface area (Å²) in [4.78, 5) is -0.188. The Hall–Kier alpha value is -1.81. The van der Waals surface area contributed by atoms with E-state index in [4.69, 9.17) is 0 Å². The molecular formula is C15H23F2N5O2S. The second-order valence-corrected chi connectivity index (χ2v) is 7.83. The van der Waals surface area contributed by atoms with Gasteiger partial charge in [-0.3, -0.25) is 4.68 Å². The summed E-state index contributed by atoms with van der Waals surface area (Å²) in [6.07, 6.45) is 0.516. The molecule has 0 saturated carbocycles. The van der Waals surface area contributed by atoms with Crippen molar-refractivity contribution in [3.8, 4) is 0 Å². The zero-order valence-electron chi connectivity index (χ0n) is 14.9. The van der Waals surface area contributed by atoms with Gasteiger partial charge in [-0.1, -0.05) is 0 Å². The van der Waals surface area contributed by atoms with Crippen LogP contribution in [0, 0.1) is 27.7 Å². The third kappa shape index (κ3) is 4.06. The van der Waals surface area contributed by atoms with E-state index in [1.807, 2.05) is 31.5 Å². The van der Waals surface area contributed by atoms with Crippen LogP contribution in [0.4, 0.5) is 8.78 Å². The first-order valence-electron chi connectivity index (χ1n) is 7.91. The van der Waals surface area contributed by atoms with Crippen molar-refractivity contribution in [3.05, 3.63) is 28.8 Å². The molecule has 0 aliphatic carbocycles. The van der Waals surface area contributed by atoms with Crippen molar-refractivity contribution in [2.75, 3.05) is 6.54 Å². The molecule has 2 heterocycles. The Morgan fingerprint density at radius 3 is 2.28 bits per heavy atom. The third-order valence-corrected chi connectivity index (χ3v) is 5.74. The number of aryl methyl sites for hydroxylation is 3. The zero-order chi connectivity index (χ0) is 18.9. The number of alkyl halides is 2. The van der Waals surface area contributed by atoms with Gasteiger partial charge in [0.05, 0.1) is 23.1 Å². The molecule has 0 spiro atoms. The van der Waals surface area contributed by atoms with Crippen molar-refractivity contribution >= 4 is 10.0 Å². The van der Waals surface area contributed by atoms with E-state index >= 15 is 0 Å². The van der Waals surface area contributed by atoms with Crippen molar-refractivity contribution in [3.63, 3.8) is 0 Å². The second-order valence-electron chi connectivity index (χ2n) is 6.13. The lowest BCUT2D eigenvalue weighted by atomic mass is 10.2. The van der Waals surface area contributed by atoms with E-state index in [2.05, 4.69) is 14.9 Å². The van der Waals surface area contributed by atoms with Gasteiger partial charge in [-0.25, -0.2) is 17.8 Å². The van der Waals surface area contributed by atoms with E-state index in [-0.39, 0.29) is 28.9 Å². The van der Waals surface area contributed by atoms with Gasteiger partial charge in [-0.05, 0) is 47.1 Å². The topological polar surface area (TPSA) is 81.8 Å². The van der Waals surface area contributed by atoms with E-state index in [0.717, 1.165) is 11.4 Å². The average Bonchev–Trinajstić information content (AvgIpc) is 2.97. The second kappa shape index (κ2) is 7.20. The zero-order valence-corrected chi connectivity index (χ0v) is 15.7. The molecule has 140 valence electrons. The summed E-state index contributed by atoms with van der Waals surface area (Å²) in [5, 5.41) is 7.99. The number of sulfonamides is 1. The lowest BCUT2D eigenvalue weighted by Crippen LogP contribution is -2.27. The molecule has 2 aromatic rings. The maximum atomic E-state index is 12.9. The maximum Gasteiger partial charge on any atom is 0.333 e. The molecule has 1 unspecified atom stereocenters. The highest BCUT2D eigenvalue weighted by molar-refractivity contribution is 7.89. The van der Waals surface area contributed by atoms with E-state index in [1.54, 1.807) is 0 Å². The average molecular weight is 375 g/mol. The Balaban J connectivity index is 2.09. The number of nitrogens with zero attached hydrogens (tertiary/aromatic N) is 4. The molecule has 0 saturated heterocycles. The molecule has 0 amide bonds. The summed E-state index contributed by atoms with van der Waals surface area (Å²) in [7, 11) is -3.91. The monoisotopic (exact) mass is 375 g/mol. The van der Waals surface area contributed by atoms with Gasteiger partial charge in [0.15, 0.2) is 0 Å². The van der Waals surface area contributed by atoms with Crippen LogP contribution in [0.2, 0.25) is 0 Å². The molecule has 25 heavy (non-hydrogen) atoms. The molecule has 0 radical (unpaired) electrons. The summed E-state index contributed by atoms with van der Waals surface area (Å²) in [5.74, 6) is 0. The minimum absolute atomic E-state index is 0.00220. The molecule has 0 aliphatic heterocycles. The van der Waals surface area contributed by atoms with E-state index in [0.29, 0.717) is 11.1 Å². The Bertz CT molecular complexity index is 858. The van der Waals surface area contributed by atoms with Gasteiger partial charge in [0.1, 0.15) is 4.90 Å². The van der Waals surface area contributed by atoms with Gasteiger partial charge < -0.3 is 0 Å². The van der Waals surface area contributed by atoms with Crippen molar-refractivity contribution in [2.24, 2.45) is 0 Å². The summed E-state index contributed by atoms with van der Waals surface area (Å²) in [5.41, 5.74) is 1.87. The molecule has 0 fully saturated rings.